The zero-order valence-corrected chi connectivity index (χ0v) is 41.0. The van der Waals surface area contributed by atoms with Crippen molar-refractivity contribution in [3.8, 4) is 33.4 Å². The molecule has 2 heterocycles. The molecule has 0 N–H and O–H groups in total. The van der Waals surface area contributed by atoms with Crippen molar-refractivity contribution in [2.24, 2.45) is 0 Å². The highest BCUT2D eigenvalue weighted by molar-refractivity contribution is 6.23. The zero-order chi connectivity index (χ0) is 48.7. The van der Waals surface area contributed by atoms with Crippen LogP contribution in [0.4, 0.5) is 34.1 Å². The molecule has 13 aromatic carbocycles. The Labute approximate surface area is 431 Å². The van der Waals surface area contributed by atoms with Crippen molar-refractivity contribution in [2.75, 3.05) is 9.80 Å². The Hall–Kier alpha value is -9.24. The minimum atomic E-state index is 0.992. The summed E-state index contributed by atoms with van der Waals surface area (Å²) >= 11 is 0. The third kappa shape index (κ3) is 6.86. The Balaban J connectivity index is 1.03. The van der Waals surface area contributed by atoms with Gasteiger partial charge < -0.3 is 9.80 Å². The molecule has 74 heavy (non-hydrogen) atoms. The van der Waals surface area contributed by atoms with Gasteiger partial charge >= 0.3 is 0 Å². The second-order valence-corrected chi connectivity index (χ2v) is 20.2. The van der Waals surface area contributed by atoms with Crippen molar-refractivity contribution in [2.45, 2.75) is 25.7 Å². The van der Waals surface area contributed by atoms with Crippen molar-refractivity contribution >= 4 is 88.0 Å². The first-order valence-corrected chi connectivity index (χ1v) is 26.2. The van der Waals surface area contributed by atoms with Gasteiger partial charge in [-0.2, -0.15) is 0 Å². The van der Waals surface area contributed by atoms with E-state index in [0.717, 1.165) is 37.1 Å². The summed E-state index contributed by atoms with van der Waals surface area (Å²) in [7, 11) is 0. The Morgan fingerprint density at radius 1 is 0.230 bits per heavy atom. The van der Waals surface area contributed by atoms with Gasteiger partial charge in [0.15, 0.2) is 0 Å². The van der Waals surface area contributed by atoms with E-state index in [1.54, 1.807) is 0 Å². The minimum absolute atomic E-state index is 0.992. The van der Waals surface area contributed by atoms with Crippen LogP contribution < -0.4 is 9.80 Å². The van der Waals surface area contributed by atoms with Gasteiger partial charge in [-0.05, 0) is 196 Å². The van der Waals surface area contributed by atoms with Crippen LogP contribution in [0.3, 0.4) is 0 Å². The molecule has 0 bridgehead atoms. The van der Waals surface area contributed by atoms with E-state index < -0.39 is 0 Å². The number of nitrogens with zero attached hydrogens (tertiary/aromatic N) is 2. The number of anilines is 6. The lowest BCUT2D eigenvalue weighted by Crippen LogP contribution is -2.12. The summed E-state index contributed by atoms with van der Waals surface area (Å²) in [5.41, 5.74) is 20.0. The number of benzene rings is 13. The Morgan fingerprint density at radius 2 is 0.635 bits per heavy atom. The lowest BCUT2D eigenvalue weighted by molar-refractivity contribution is 0.977. The third-order valence-corrected chi connectivity index (χ3v) is 16.1. The highest BCUT2D eigenvalue weighted by Gasteiger charge is 2.27. The lowest BCUT2D eigenvalue weighted by Gasteiger charge is -2.29. The monoisotopic (exact) mass is 942 g/mol. The standard InChI is InChI=1S/C72H50N2/c1-2-20-54-43-56(38-29-47(54)15-1)72-63-42-40-57(73-67-25-11-4-16-49(67)32-33-50-17-5-12-26-68(50)73)45-65(63)71(53-36-30-48(31-37-53)64-44-55-21-3-8-22-59(55)60-23-9-10-24-61(60)64)62-41-39-58(46-66(62)72)74-69-27-13-6-18-51(69)34-35-52-19-7-14-28-70(52)74/h1-31,36-46H,32-35H2. The number of aryl methyl sites for hydroxylation is 4. The highest BCUT2D eigenvalue weighted by Crippen LogP contribution is 2.51. The average molecular weight is 943 g/mol. The second kappa shape index (κ2) is 17.2. The van der Waals surface area contributed by atoms with E-state index in [4.69, 9.17) is 0 Å². The largest absolute Gasteiger partial charge is 0.310 e. The van der Waals surface area contributed by atoms with Crippen LogP contribution in [0.25, 0.3) is 87.2 Å². The number of para-hydroxylation sites is 4. The van der Waals surface area contributed by atoms with Crippen LogP contribution in [-0.4, -0.2) is 0 Å². The molecule has 0 radical (unpaired) electrons. The van der Waals surface area contributed by atoms with Crippen molar-refractivity contribution < 1.29 is 0 Å². The molecule has 348 valence electrons. The number of hydrogen-bond acceptors (Lipinski definition) is 2. The molecule has 13 aromatic rings. The first kappa shape index (κ1) is 42.4. The molecule has 0 atom stereocenters. The molecule has 0 spiro atoms. The summed E-state index contributed by atoms with van der Waals surface area (Å²) in [4.78, 5) is 5.04. The molecule has 2 nitrogen and oxygen atoms in total. The van der Waals surface area contributed by atoms with Crippen LogP contribution in [0, 0.1) is 0 Å². The summed E-state index contributed by atoms with van der Waals surface area (Å²) in [6.07, 6.45) is 3.97. The van der Waals surface area contributed by atoms with Gasteiger partial charge in [-0.3, -0.25) is 0 Å². The van der Waals surface area contributed by atoms with E-state index in [-0.39, 0.29) is 0 Å². The van der Waals surface area contributed by atoms with Crippen molar-refractivity contribution in [1.29, 1.82) is 0 Å². The maximum Gasteiger partial charge on any atom is 0.0493 e. The number of rotatable bonds is 5. The Kier molecular flexibility index (Phi) is 9.88. The SMILES string of the molecule is c1ccc2c(c1)CCc1ccccc1N2c1ccc2c(-c3ccc4ccccc4c3)c3cc(N4c5ccccc5CCc5ccccc54)ccc3c(-c3ccc(-c4cc5ccccc5c5ccccc45)cc3)c2c1. The van der Waals surface area contributed by atoms with Gasteiger partial charge in [0.25, 0.3) is 0 Å². The van der Waals surface area contributed by atoms with Crippen molar-refractivity contribution in [3.63, 3.8) is 0 Å². The predicted octanol–water partition coefficient (Wildman–Crippen LogP) is 19.6. The zero-order valence-electron chi connectivity index (χ0n) is 41.0. The van der Waals surface area contributed by atoms with Crippen LogP contribution in [0.15, 0.2) is 255 Å². The molecule has 0 saturated heterocycles. The Bertz CT molecular complexity index is 4300. The summed E-state index contributed by atoms with van der Waals surface area (Å²) < 4.78 is 0. The molecular formula is C72H50N2. The molecule has 2 aliphatic heterocycles. The van der Waals surface area contributed by atoms with Gasteiger partial charge in [-0.1, -0.05) is 194 Å². The van der Waals surface area contributed by atoms with Crippen LogP contribution >= 0.6 is 0 Å². The fourth-order valence-electron chi connectivity index (χ4n) is 12.7. The van der Waals surface area contributed by atoms with Gasteiger partial charge in [0, 0.05) is 34.1 Å². The minimum Gasteiger partial charge on any atom is -0.310 e. The molecule has 0 unspecified atom stereocenters. The van der Waals surface area contributed by atoms with Crippen molar-refractivity contribution in [1.82, 2.24) is 0 Å². The van der Waals surface area contributed by atoms with Gasteiger partial charge in [-0.15, -0.1) is 0 Å². The van der Waals surface area contributed by atoms with Crippen LogP contribution in [0.2, 0.25) is 0 Å². The maximum atomic E-state index is 2.52. The fraction of sp³-hybridized carbons (Fsp3) is 0.0556. The molecular weight excluding hydrogens is 893 g/mol. The Morgan fingerprint density at radius 3 is 1.18 bits per heavy atom. The van der Waals surface area contributed by atoms with E-state index in [0.29, 0.717) is 0 Å². The van der Waals surface area contributed by atoms with Crippen LogP contribution in [-0.2, 0) is 25.7 Å². The molecule has 0 saturated carbocycles. The molecule has 0 aliphatic carbocycles. The molecule has 0 aromatic heterocycles. The van der Waals surface area contributed by atoms with E-state index in [2.05, 4.69) is 265 Å². The first-order chi connectivity index (χ1) is 36.7. The number of fused-ring (bicyclic) bond motifs is 10. The summed E-state index contributed by atoms with van der Waals surface area (Å²) in [6.45, 7) is 0. The van der Waals surface area contributed by atoms with E-state index in [1.165, 1.54) is 132 Å². The summed E-state index contributed by atoms with van der Waals surface area (Å²) in [5.74, 6) is 0. The molecule has 2 heteroatoms. The van der Waals surface area contributed by atoms with Crippen molar-refractivity contribution in [3.05, 3.63) is 277 Å². The molecule has 0 amide bonds. The first-order valence-electron chi connectivity index (χ1n) is 26.2. The average Bonchev–Trinajstić information content (AvgIpc) is 3.76. The van der Waals surface area contributed by atoms with E-state index in [1.807, 2.05) is 0 Å². The molecule has 2 aliphatic rings. The van der Waals surface area contributed by atoms with Gasteiger partial charge in [0.1, 0.15) is 0 Å². The van der Waals surface area contributed by atoms with Gasteiger partial charge in [-0.25, -0.2) is 0 Å². The predicted molar refractivity (Wildman–Crippen MR) is 314 cm³/mol. The summed E-state index contributed by atoms with van der Waals surface area (Å²) in [6, 6.07) is 95.9. The maximum absolute atomic E-state index is 2.52. The van der Waals surface area contributed by atoms with Crippen LogP contribution in [0.1, 0.15) is 22.3 Å². The van der Waals surface area contributed by atoms with Gasteiger partial charge in [0.2, 0.25) is 0 Å². The normalized spacial score (nSPS) is 13.1. The topological polar surface area (TPSA) is 6.48 Å². The van der Waals surface area contributed by atoms with Crippen LogP contribution in [0.5, 0.6) is 0 Å². The smallest absolute Gasteiger partial charge is 0.0493 e. The van der Waals surface area contributed by atoms with E-state index in [9.17, 15) is 0 Å². The highest BCUT2D eigenvalue weighted by atomic mass is 15.2. The molecule has 0 fully saturated rings. The van der Waals surface area contributed by atoms with E-state index >= 15 is 0 Å². The third-order valence-electron chi connectivity index (χ3n) is 16.1. The van der Waals surface area contributed by atoms with Gasteiger partial charge in [0.05, 0.1) is 0 Å². The number of hydrogen-bond donors (Lipinski definition) is 0. The lowest BCUT2D eigenvalue weighted by atomic mass is 9.84. The quantitative estimate of drug-likeness (QED) is 0.125. The second-order valence-electron chi connectivity index (χ2n) is 20.2. The summed E-state index contributed by atoms with van der Waals surface area (Å²) in [5, 5.41) is 12.4. The molecule has 15 rings (SSSR count). The fourth-order valence-corrected chi connectivity index (χ4v) is 12.7.